The smallest absolute Gasteiger partial charge is 0.164 e. The first-order chi connectivity index (χ1) is 33.4. The van der Waals surface area contributed by atoms with Crippen LogP contribution in [0, 0.1) is 23.7 Å². The third-order valence-corrected chi connectivity index (χ3v) is 18.6. The molecule has 2 aromatic heterocycles. The number of nitrogens with zero attached hydrogens (tertiary/aromatic N) is 3. The van der Waals surface area contributed by atoms with Gasteiger partial charge in [0.25, 0.3) is 0 Å². The van der Waals surface area contributed by atoms with Crippen LogP contribution in [0.25, 0.3) is 98.8 Å². The summed E-state index contributed by atoms with van der Waals surface area (Å²) in [4.78, 5) is 16.3. The molecule has 1 spiro atoms. The van der Waals surface area contributed by atoms with Gasteiger partial charge in [-0.05, 0) is 141 Å². The maximum atomic E-state index is 5.53. The molecule has 16 rings (SSSR count). The van der Waals surface area contributed by atoms with Crippen LogP contribution in [-0.2, 0) is 10.8 Å². The second-order valence-corrected chi connectivity index (χ2v) is 22.1. The third kappa shape index (κ3) is 5.38. The van der Waals surface area contributed by atoms with Gasteiger partial charge in [-0.3, -0.25) is 0 Å². The van der Waals surface area contributed by atoms with Gasteiger partial charge in [-0.1, -0.05) is 172 Å². The lowest BCUT2D eigenvalue weighted by Gasteiger charge is -2.61. The summed E-state index contributed by atoms with van der Waals surface area (Å²) < 4.78 is 2.63. The first-order valence-corrected chi connectivity index (χ1v) is 25.6. The molecular weight excluding hydrogens is 843 g/mol. The normalized spacial score (nSPS) is 22.1. The molecule has 0 atom stereocenters. The van der Waals surface area contributed by atoms with Crippen molar-refractivity contribution in [3.8, 4) is 78.7 Å². The zero-order chi connectivity index (χ0) is 44.9. The Morgan fingerprint density at radius 1 is 0.412 bits per heavy atom. The molecule has 0 amide bonds. The van der Waals surface area contributed by atoms with Crippen molar-refractivity contribution in [1.82, 2.24) is 15.0 Å². The molecule has 0 N–H and O–H groups in total. The molecule has 326 valence electrons. The Labute approximate surface area is 401 Å². The molecule has 6 aliphatic rings. The Morgan fingerprint density at radius 2 is 0.971 bits per heavy atom. The SMILES string of the molecule is CC1(C)c2ccccc2-c2ccc(-c3ccc(-c4nc(-c5ccccc5)nc(-c5ccc(-c6cccc7c6sc6ccccc67)cc5)n4)c4c3C3(c5ccccc5-4)C4CC5CC(C4)CC3C5)cc21. The van der Waals surface area contributed by atoms with Crippen molar-refractivity contribution < 1.29 is 0 Å². The summed E-state index contributed by atoms with van der Waals surface area (Å²) in [5, 5.41) is 2.62. The first kappa shape index (κ1) is 39.0. The molecule has 0 saturated heterocycles. The summed E-state index contributed by atoms with van der Waals surface area (Å²) >= 11 is 1.87. The molecule has 68 heavy (non-hydrogen) atoms. The number of rotatable bonds is 5. The van der Waals surface area contributed by atoms with E-state index in [1.807, 2.05) is 11.3 Å². The number of fused-ring (bicyclic) bond motifs is 9. The van der Waals surface area contributed by atoms with Crippen LogP contribution in [-0.4, -0.2) is 15.0 Å². The predicted octanol–water partition coefficient (Wildman–Crippen LogP) is 16.6. The van der Waals surface area contributed by atoms with Gasteiger partial charge in [0.15, 0.2) is 17.5 Å². The van der Waals surface area contributed by atoms with Gasteiger partial charge in [0.2, 0.25) is 0 Å². The van der Waals surface area contributed by atoms with Crippen LogP contribution < -0.4 is 0 Å². The van der Waals surface area contributed by atoms with E-state index in [0.29, 0.717) is 23.5 Å². The summed E-state index contributed by atoms with van der Waals surface area (Å²) in [6.45, 7) is 4.82. The lowest BCUT2D eigenvalue weighted by molar-refractivity contribution is -0.0397. The molecule has 0 unspecified atom stereocenters. The molecule has 4 heteroatoms. The predicted molar refractivity (Wildman–Crippen MR) is 281 cm³/mol. The van der Waals surface area contributed by atoms with Gasteiger partial charge in [-0.2, -0.15) is 0 Å². The molecule has 4 fully saturated rings. The fourth-order valence-corrected chi connectivity index (χ4v) is 15.9. The lowest BCUT2D eigenvalue weighted by Crippen LogP contribution is -2.55. The van der Waals surface area contributed by atoms with Crippen LogP contribution in [0.1, 0.15) is 68.2 Å². The Hall–Kier alpha value is -7.01. The van der Waals surface area contributed by atoms with Crippen LogP contribution in [0.5, 0.6) is 0 Å². The van der Waals surface area contributed by atoms with Crippen LogP contribution in [0.15, 0.2) is 176 Å². The maximum absolute atomic E-state index is 5.53. The Balaban J connectivity index is 0.942. The minimum atomic E-state index is -0.0897. The number of aromatic nitrogens is 3. The standard InChI is InChI=1S/C64H49N3S/c1-63(2)53-20-9-6-15-47(53)48-28-27-42(36-55(48)63)45-29-30-52(57-51-17-7-10-21-54(51)64(58(45)57)43-32-37-31-38(34-43)35-44(64)33-37)62-66-60(40-13-4-3-5-14-40)65-61(67-62)41-25-23-39(24-26-41)46-18-12-19-50-49-16-8-11-22-56(49)68-59(46)50/h3-30,36-38,43-44H,31-35H2,1-2H3. The maximum Gasteiger partial charge on any atom is 0.164 e. The van der Waals surface area contributed by atoms with Crippen molar-refractivity contribution in [1.29, 1.82) is 0 Å². The average Bonchev–Trinajstić information content (AvgIpc) is 3.99. The molecule has 3 nitrogen and oxygen atoms in total. The first-order valence-electron chi connectivity index (χ1n) is 24.8. The second kappa shape index (κ2) is 14.3. The summed E-state index contributed by atoms with van der Waals surface area (Å²) in [7, 11) is 0. The summed E-state index contributed by atoms with van der Waals surface area (Å²) in [5.41, 5.74) is 19.4. The minimum absolute atomic E-state index is 0.0621. The monoisotopic (exact) mass is 891 g/mol. The molecule has 4 bridgehead atoms. The van der Waals surface area contributed by atoms with Crippen LogP contribution in [0.3, 0.4) is 0 Å². The number of hydrogen-bond acceptors (Lipinski definition) is 4. The Morgan fingerprint density at radius 3 is 1.75 bits per heavy atom. The molecule has 4 saturated carbocycles. The fraction of sp³-hybridized carbons (Fsp3) is 0.203. The van der Waals surface area contributed by atoms with Gasteiger partial charge in [-0.15, -0.1) is 11.3 Å². The fourth-order valence-electron chi connectivity index (χ4n) is 14.7. The highest BCUT2D eigenvalue weighted by molar-refractivity contribution is 7.26. The average molecular weight is 892 g/mol. The van der Waals surface area contributed by atoms with E-state index in [1.165, 1.54) is 119 Å². The number of benzene rings is 8. The molecule has 6 aliphatic carbocycles. The quantitative estimate of drug-likeness (QED) is 0.173. The van der Waals surface area contributed by atoms with E-state index in [1.54, 1.807) is 0 Å². The largest absolute Gasteiger partial charge is 0.208 e. The lowest BCUT2D eigenvalue weighted by atomic mass is 9.42. The molecule has 8 aromatic carbocycles. The van der Waals surface area contributed by atoms with Crippen molar-refractivity contribution in [3.63, 3.8) is 0 Å². The van der Waals surface area contributed by atoms with E-state index in [4.69, 9.17) is 15.0 Å². The second-order valence-electron chi connectivity index (χ2n) is 21.1. The Bertz CT molecular complexity index is 3700. The van der Waals surface area contributed by atoms with Crippen molar-refractivity contribution >= 4 is 31.5 Å². The van der Waals surface area contributed by atoms with E-state index in [0.717, 1.165) is 34.4 Å². The molecule has 0 aliphatic heterocycles. The van der Waals surface area contributed by atoms with E-state index in [2.05, 4.69) is 190 Å². The minimum Gasteiger partial charge on any atom is -0.208 e. The zero-order valence-corrected chi connectivity index (χ0v) is 39.2. The molecular formula is C64H49N3S. The zero-order valence-electron chi connectivity index (χ0n) is 38.3. The van der Waals surface area contributed by atoms with Gasteiger partial charge in [0.1, 0.15) is 0 Å². The van der Waals surface area contributed by atoms with Gasteiger partial charge in [0, 0.05) is 47.7 Å². The van der Waals surface area contributed by atoms with E-state index >= 15 is 0 Å². The van der Waals surface area contributed by atoms with Crippen LogP contribution >= 0.6 is 11.3 Å². The number of hydrogen-bond donors (Lipinski definition) is 0. The summed E-state index contributed by atoms with van der Waals surface area (Å²) in [6.07, 6.45) is 6.69. The Kier molecular flexibility index (Phi) is 8.19. The third-order valence-electron chi connectivity index (χ3n) is 17.3. The number of thiophene rings is 1. The highest BCUT2D eigenvalue weighted by atomic mass is 32.1. The van der Waals surface area contributed by atoms with E-state index in [-0.39, 0.29) is 10.8 Å². The highest BCUT2D eigenvalue weighted by Crippen LogP contribution is 2.71. The van der Waals surface area contributed by atoms with E-state index < -0.39 is 0 Å². The van der Waals surface area contributed by atoms with Crippen molar-refractivity contribution in [2.45, 2.75) is 56.8 Å². The van der Waals surface area contributed by atoms with Crippen LogP contribution in [0.2, 0.25) is 0 Å². The van der Waals surface area contributed by atoms with Crippen molar-refractivity contribution in [3.05, 3.63) is 198 Å². The molecule has 0 radical (unpaired) electrons. The molecule has 2 heterocycles. The molecule has 10 aromatic rings. The van der Waals surface area contributed by atoms with Gasteiger partial charge < -0.3 is 0 Å². The van der Waals surface area contributed by atoms with E-state index in [9.17, 15) is 0 Å². The summed E-state index contributed by atoms with van der Waals surface area (Å²) in [5.74, 6) is 5.01. The summed E-state index contributed by atoms with van der Waals surface area (Å²) in [6, 6.07) is 65.5. The van der Waals surface area contributed by atoms with Crippen molar-refractivity contribution in [2.24, 2.45) is 23.7 Å². The van der Waals surface area contributed by atoms with Crippen molar-refractivity contribution in [2.75, 3.05) is 0 Å². The van der Waals surface area contributed by atoms with Gasteiger partial charge >= 0.3 is 0 Å². The van der Waals surface area contributed by atoms with Gasteiger partial charge in [0.05, 0.1) is 0 Å². The van der Waals surface area contributed by atoms with Gasteiger partial charge in [-0.25, -0.2) is 15.0 Å². The topological polar surface area (TPSA) is 38.7 Å². The van der Waals surface area contributed by atoms with Crippen LogP contribution in [0.4, 0.5) is 0 Å². The highest BCUT2D eigenvalue weighted by Gasteiger charge is 2.62.